The minimum Gasteiger partial charge on any atom is -0.463 e. The highest BCUT2D eigenvalue weighted by Crippen LogP contribution is 2.09. The predicted octanol–water partition coefficient (Wildman–Crippen LogP) is -0.387. The highest BCUT2D eigenvalue weighted by Gasteiger charge is 2.28. The van der Waals surface area contributed by atoms with E-state index in [1.54, 1.807) is 6.92 Å². The van der Waals surface area contributed by atoms with E-state index in [-0.39, 0.29) is 6.61 Å². The average Bonchev–Trinajstić information content (AvgIpc) is 2.21. The van der Waals surface area contributed by atoms with Gasteiger partial charge in [0.25, 0.3) is 0 Å². The molecule has 3 atom stereocenters. The number of ether oxygens (including phenoxy) is 2. The fourth-order valence-electron chi connectivity index (χ4n) is 1.16. The minimum atomic E-state index is -1.27. The maximum atomic E-state index is 10.7. The molecule has 0 aliphatic carbocycles. The van der Waals surface area contributed by atoms with Crippen LogP contribution >= 0.6 is 0 Å². The van der Waals surface area contributed by atoms with Crippen LogP contribution in [0.4, 0.5) is 0 Å². The van der Waals surface area contributed by atoms with Crippen molar-refractivity contribution in [2.45, 2.75) is 45.5 Å². The fraction of sp³-hybridized carbons (Fsp3) is 0.800. The number of hydrogen-bond acceptors (Lipinski definition) is 6. The second-order valence-electron chi connectivity index (χ2n) is 3.42. The van der Waals surface area contributed by atoms with E-state index in [0.717, 1.165) is 0 Å². The molecule has 94 valence electrons. The molecule has 0 saturated carbocycles. The Morgan fingerprint density at radius 1 is 1.19 bits per heavy atom. The Kier molecular flexibility index (Phi) is 6.67. The zero-order valence-corrected chi connectivity index (χ0v) is 9.67. The van der Waals surface area contributed by atoms with Crippen LogP contribution in [-0.2, 0) is 19.1 Å². The molecule has 0 saturated heterocycles. The molecule has 0 aromatic heterocycles. The van der Waals surface area contributed by atoms with Gasteiger partial charge < -0.3 is 19.7 Å². The zero-order chi connectivity index (χ0) is 12.7. The Morgan fingerprint density at radius 3 is 2.12 bits per heavy atom. The Hall–Kier alpha value is -1.14. The molecule has 0 spiro atoms. The molecule has 0 aliphatic rings. The van der Waals surface area contributed by atoms with Crippen molar-refractivity contribution < 1.29 is 29.3 Å². The summed E-state index contributed by atoms with van der Waals surface area (Å²) in [7, 11) is 0. The summed E-state index contributed by atoms with van der Waals surface area (Å²) >= 11 is 0. The van der Waals surface area contributed by atoms with Gasteiger partial charge in [0.05, 0.1) is 0 Å². The molecule has 0 amide bonds. The Labute approximate surface area is 94.2 Å². The summed E-state index contributed by atoms with van der Waals surface area (Å²) in [6.07, 6.45) is -2.98. The van der Waals surface area contributed by atoms with Gasteiger partial charge in [0, 0.05) is 13.8 Å². The number of rotatable bonds is 6. The van der Waals surface area contributed by atoms with Gasteiger partial charge in [0.15, 0.2) is 0 Å². The van der Waals surface area contributed by atoms with Gasteiger partial charge in [-0.2, -0.15) is 0 Å². The summed E-state index contributed by atoms with van der Waals surface area (Å²) < 4.78 is 9.33. The van der Waals surface area contributed by atoms with Gasteiger partial charge in [-0.25, -0.2) is 0 Å². The lowest BCUT2D eigenvalue weighted by Gasteiger charge is -2.25. The van der Waals surface area contributed by atoms with Gasteiger partial charge in [0.1, 0.15) is 24.9 Å². The molecule has 0 heterocycles. The number of esters is 2. The first-order valence-corrected chi connectivity index (χ1v) is 5.05. The Bertz CT molecular complexity index is 239. The van der Waals surface area contributed by atoms with Gasteiger partial charge in [-0.05, 0) is 6.42 Å². The molecule has 0 aromatic carbocycles. The minimum absolute atomic E-state index is 0.325. The highest BCUT2D eigenvalue weighted by atomic mass is 16.6. The number of hydrogen-bond donors (Lipinski definition) is 2. The number of aliphatic hydroxyl groups is 2. The third-order valence-electron chi connectivity index (χ3n) is 1.95. The molecule has 0 radical (unpaired) electrons. The lowest BCUT2D eigenvalue weighted by atomic mass is 10.1. The van der Waals surface area contributed by atoms with E-state index >= 15 is 0 Å². The first-order valence-electron chi connectivity index (χ1n) is 5.05. The first-order chi connectivity index (χ1) is 7.38. The number of carbonyl (C=O) groups is 2. The largest absolute Gasteiger partial charge is 0.463 e. The van der Waals surface area contributed by atoms with E-state index in [0.29, 0.717) is 6.42 Å². The molecular formula is C10H18O6. The topological polar surface area (TPSA) is 93.1 Å². The van der Waals surface area contributed by atoms with Crippen LogP contribution in [-0.4, -0.2) is 47.1 Å². The van der Waals surface area contributed by atoms with Crippen LogP contribution in [0.5, 0.6) is 0 Å². The fourth-order valence-corrected chi connectivity index (χ4v) is 1.16. The quantitative estimate of drug-likeness (QED) is 0.608. The van der Waals surface area contributed by atoms with Gasteiger partial charge in [-0.3, -0.25) is 9.59 Å². The summed E-state index contributed by atoms with van der Waals surface area (Å²) in [5, 5.41) is 19.1. The van der Waals surface area contributed by atoms with Crippen LogP contribution < -0.4 is 0 Å². The van der Waals surface area contributed by atoms with Gasteiger partial charge in [-0.15, -0.1) is 0 Å². The summed E-state index contributed by atoms with van der Waals surface area (Å²) in [5.74, 6) is -1.09. The second kappa shape index (κ2) is 7.19. The predicted molar refractivity (Wildman–Crippen MR) is 54.5 cm³/mol. The molecule has 0 aliphatic heterocycles. The maximum absolute atomic E-state index is 10.7. The Morgan fingerprint density at radius 2 is 1.75 bits per heavy atom. The maximum Gasteiger partial charge on any atom is 0.302 e. The molecule has 0 aromatic rings. The van der Waals surface area contributed by atoms with Crippen molar-refractivity contribution in [1.29, 1.82) is 0 Å². The van der Waals surface area contributed by atoms with E-state index in [1.807, 2.05) is 0 Å². The average molecular weight is 234 g/mol. The van der Waals surface area contributed by atoms with Gasteiger partial charge in [-0.1, -0.05) is 6.92 Å². The van der Waals surface area contributed by atoms with Gasteiger partial charge in [0.2, 0.25) is 0 Å². The van der Waals surface area contributed by atoms with E-state index in [2.05, 4.69) is 4.74 Å². The molecule has 3 unspecified atom stereocenters. The van der Waals surface area contributed by atoms with Gasteiger partial charge >= 0.3 is 11.9 Å². The monoisotopic (exact) mass is 234 g/mol. The molecule has 16 heavy (non-hydrogen) atoms. The van der Waals surface area contributed by atoms with Crippen LogP contribution in [0.1, 0.15) is 27.2 Å². The summed E-state index contributed by atoms with van der Waals surface area (Å²) in [6, 6.07) is 0. The third kappa shape index (κ3) is 5.67. The lowest BCUT2D eigenvalue weighted by molar-refractivity contribution is -0.163. The van der Waals surface area contributed by atoms with Crippen LogP contribution in [0.15, 0.2) is 0 Å². The lowest BCUT2D eigenvalue weighted by Crippen LogP contribution is -2.42. The summed E-state index contributed by atoms with van der Waals surface area (Å²) in [5.41, 5.74) is 0. The summed E-state index contributed by atoms with van der Waals surface area (Å²) in [6.45, 7) is 3.79. The SMILES string of the molecule is CCC(OC(C)=O)C(O)C(O)COC(C)=O. The van der Waals surface area contributed by atoms with Crippen LogP contribution in [0.2, 0.25) is 0 Å². The van der Waals surface area contributed by atoms with Crippen LogP contribution in [0.3, 0.4) is 0 Å². The van der Waals surface area contributed by atoms with Crippen LogP contribution in [0, 0.1) is 0 Å². The van der Waals surface area contributed by atoms with Crippen molar-refractivity contribution in [3.63, 3.8) is 0 Å². The second-order valence-corrected chi connectivity index (χ2v) is 3.42. The van der Waals surface area contributed by atoms with Crippen molar-refractivity contribution in [2.75, 3.05) is 6.61 Å². The van der Waals surface area contributed by atoms with Crippen molar-refractivity contribution in [3.05, 3.63) is 0 Å². The molecule has 6 nitrogen and oxygen atoms in total. The number of carbonyl (C=O) groups excluding carboxylic acids is 2. The standard InChI is InChI=1S/C10H18O6/c1-4-9(16-7(3)12)10(14)8(13)5-15-6(2)11/h8-10,13-14H,4-5H2,1-3H3. The van der Waals surface area contributed by atoms with Crippen LogP contribution in [0.25, 0.3) is 0 Å². The molecule has 6 heteroatoms. The van der Waals surface area contributed by atoms with Crippen molar-refractivity contribution in [2.24, 2.45) is 0 Å². The first kappa shape index (κ1) is 14.9. The molecule has 2 N–H and O–H groups in total. The smallest absolute Gasteiger partial charge is 0.302 e. The van der Waals surface area contributed by atoms with E-state index in [4.69, 9.17) is 4.74 Å². The molecule has 0 bridgehead atoms. The Balaban J connectivity index is 4.20. The van der Waals surface area contributed by atoms with Crippen molar-refractivity contribution >= 4 is 11.9 Å². The highest BCUT2D eigenvalue weighted by molar-refractivity contribution is 5.66. The van der Waals surface area contributed by atoms with Crippen molar-refractivity contribution in [3.8, 4) is 0 Å². The number of aliphatic hydroxyl groups excluding tert-OH is 2. The molecule has 0 rings (SSSR count). The van der Waals surface area contributed by atoms with E-state index in [1.165, 1.54) is 13.8 Å². The zero-order valence-electron chi connectivity index (χ0n) is 9.67. The van der Waals surface area contributed by atoms with Crippen molar-refractivity contribution in [1.82, 2.24) is 0 Å². The molecular weight excluding hydrogens is 216 g/mol. The summed E-state index contributed by atoms with van der Waals surface area (Å²) in [4.78, 5) is 21.2. The molecule has 0 fully saturated rings. The van der Waals surface area contributed by atoms with E-state index < -0.39 is 30.3 Å². The normalized spacial score (nSPS) is 16.1. The third-order valence-corrected chi connectivity index (χ3v) is 1.95. The van der Waals surface area contributed by atoms with E-state index in [9.17, 15) is 19.8 Å².